The molecule has 2 aliphatic heterocycles. The van der Waals surface area contributed by atoms with E-state index in [4.69, 9.17) is 0 Å². The van der Waals surface area contributed by atoms with Gasteiger partial charge in [0.1, 0.15) is 0 Å². The normalized spacial score (nSPS) is 17.7. The van der Waals surface area contributed by atoms with E-state index in [2.05, 4.69) is 88.2 Å². The molecule has 1 N–H and O–H groups in total. The number of piperidine rings is 1. The van der Waals surface area contributed by atoms with Crippen molar-refractivity contribution in [1.82, 2.24) is 15.1 Å². The van der Waals surface area contributed by atoms with Crippen LogP contribution in [0.3, 0.4) is 0 Å². The molecule has 1 spiro atoms. The van der Waals surface area contributed by atoms with Gasteiger partial charge in [0.2, 0.25) is 11.8 Å². The fourth-order valence-electron chi connectivity index (χ4n) is 6.74. The molecule has 0 radical (unpaired) electrons. The fraction of sp³-hybridized carbons (Fsp3) is 0.429. The fourth-order valence-corrected chi connectivity index (χ4v) is 7.00. The summed E-state index contributed by atoms with van der Waals surface area (Å²) in [5, 5.41) is 3.35. The SMILES string of the molecule is Cc1cc(C)c(CC(=O)NC(CCN2CCC3(CC2)CCN(Cc2ccc(Br)cc2)C3=O)c2ccccc2)c(C)c1. The maximum Gasteiger partial charge on any atom is 0.229 e. The van der Waals surface area contributed by atoms with E-state index in [1.807, 2.05) is 30.3 Å². The van der Waals surface area contributed by atoms with Crippen LogP contribution in [-0.4, -0.2) is 47.8 Å². The zero-order chi connectivity index (χ0) is 29.0. The number of rotatable bonds is 9. The maximum absolute atomic E-state index is 13.5. The summed E-state index contributed by atoms with van der Waals surface area (Å²) in [5.74, 6) is 0.394. The molecule has 216 valence electrons. The molecule has 5 rings (SSSR count). The number of halogens is 1. The second kappa shape index (κ2) is 12.9. The number of nitrogens with zero attached hydrogens (tertiary/aromatic N) is 2. The average Bonchev–Trinajstić information content (AvgIpc) is 3.25. The summed E-state index contributed by atoms with van der Waals surface area (Å²) >= 11 is 3.49. The topological polar surface area (TPSA) is 52.7 Å². The van der Waals surface area contributed by atoms with Crippen LogP contribution in [0.5, 0.6) is 0 Å². The Morgan fingerprint density at radius 1 is 0.927 bits per heavy atom. The molecule has 0 aliphatic carbocycles. The minimum Gasteiger partial charge on any atom is -0.349 e. The molecule has 2 aliphatic rings. The molecule has 6 heteroatoms. The van der Waals surface area contributed by atoms with Crippen molar-refractivity contribution < 1.29 is 9.59 Å². The van der Waals surface area contributed by atoms with Gasteiger partial charge in [0.25, 0.3) is 0 Å². The van der Waals surface area contributed by atoms with Gasteiger partial charge < -0.3 is 15.1 Å². The van der Waals surface area contributed by atoms with Gasteiger partial charge in [-0.15, -0.1) is 0 Å². The molecule has 2 fully saturated rings. The van der Waals surface area contributed by atoms with Crippen LogP contribution in [0.25, 0.3) is 0 Å². The van der Waals surface area contributed by atoms with Crippen molar-refractivity contribution in [2.75, 3.05) is 26.2 Å². The summed E-state index contributed by atoms with van der Waals surface area (Å²) in [6.45, 7) is 10.6. The number of amides is 2. The van der Waals surface area contributed by atoms with E-state index in [0.29, 0.717) is 18.9 Å². The summed E-state index contributed by atoms with van der Waals surface area (Å²) in [6.07, 6.45) is 4.02. The van der Waals surface area contributed by atoms with E-state index in [9.17, 15) is 9.59 Å². The first-order chi connectivity index (χ1) is 19.7. The molecular formula is C35H42BrN3O2. The first kappa shape index (κ1) is 29.5. The van der Waals surface area contributed by atoms with Gasteiger partial charge in [-0.3, -0.25) is 9.59 Å². The van der Waals surface area contributed by atoms with Crippen molar-refractivity contribution in [3.63, 3.8) is 0 Å². The Bertz CT molecular complexity index is 1340. The van der Waals surface area contributed by atoms with E-state index in [1.54, 1.807) is 0 Å². The number of aryl methyl sites for hydroxylation is 3. The second-order valence-electron chi connectivity index (χ2n) is 12.1. The second-order valence-corrected chi connectivity index (χ2v) is 13.0. The van der Waals surface area contributed by atoms with Crippen LogP contribution < -0.4 is 5.32 Å². The molecule has 5 nitrogen and oxygen atoms in total. The molecule has 0 bridgehead atoms. The summed E-state index contributed by atoms with van der Waals surface area (Å²) < 4.78 is 1.06. The van der Waals surface area contributed by atoms with Crippen LogP contribution in [0.2, 0.25) is 0 Å². The Morgan fingerprint density at radius 3 is 2.22 bits per heavy atom. The highest BCUT2D eigenvalue weighted by Crippen LogP contribution is 2.42. The molecule has 2 saturated heterocycles. The van der Waals surface area contributed by atoms with Crippen LogP contribution in [-0.2, 0) is 22.6 Å². The molecular weight excluding hydrogens is 574 g/mol. The smallest absolute Gasteiger partial charge is 0.229 e. The van der Waals surface area contributed by atoms with Gasteiger partial charge in [-0.25, -0.2) is 0 Å². The van der Waals surface area contributed by atoms with Crippen molar-refractivity contribution in [2.24, 2.45) is 5.41 Å². The van der Waals surface area contributed by atoms with Crippen molar-refractivity contribution in [3.05, 3.63) is 105 Å². The predicted molar refractivity (Wildman–Crippen MR) is 169 cm³/mol. The number of likely N-dealkylation sites (tertiary alicyclic amines) is 2. The lowest BCUT2D eigenvalue weighted by atomic mass is 9.77. The number of carbonyl (C=O) groups excluding carboxylic acids is 2. The first-order valence-corrected chi connectivity index (χ1v) is 15.7. The quantitative estimate of drug-likeness (QED) is 0.292. The van der Waals surface area contributed by atoms with Crippen LogP contribution in [0.15, 0.2) is 71.2 Å². The molecule has 1 unspecified atom stereocenters. The number of hydrogen-bond acceptors (Lipinski definition) is 3. The lowest BCUT2D eigenvalue weighted by Gasteiger charge is -2.38. The molecule has 2 heterocycles. The zero-order valence-corrected chi connectivity index (χ0v) is 26.2. The Balaban J connectivity index is 1.17. The van der Waals surface area contributed by atoms with Crippen molar-refractivity contribution in [1.29, 1.82) is 0 Å². The van der Waals surface area contributed by atoms with Gasteiger partial charge >= 0.3 is 0 Å². The Kier molecular flexibility index (Phi) is 9.30. The van der Waals surface area contributed by atoms with Gasteiger partial charge in [-0.05, 0) is 99.5 Å². The third-order valence-electron chi connectivity index (χ3n) is 9.15. The van der Waals surface area contributed by atoms with Crippen LogP contribution in [0.4, 0.5) is 0 Å². The van der Waals surface area contributed by atoms with Gasteiger partial charge in [-0.2, -0.15) is 0 Å². The van der Waals surface area contributed by atoms with E-state index in [0.717, 1.165) is 67.5 Å². The van der Waals surface area contributed by atoms with Gasteiger partial charge in [0.05, 0.1) is 17.9 Å². The third-order valence-corrected chi connectivity index (χ3v) is 9.68. The lowest BCUT2D eigenvalue weighted by Crippen LogP contribution is -2.45. The van der Waals surface area contributed by atoms with Crippen molar-refractivity contribution in [3.8, 4) is 0 Å². The summed E-state index contributed by atoms with van der Waals surface area (Å²) in [7, 11) is 0. The molecule has 2 amide bonds. The van der Waals surface area contributed by atoms with Gasteiger partial charge in [-0.1, -0.05) is 76.1 Å². The van der Waals surface area contributed by atoms with Crippen LogP contribution in [0.1, 0.15) is 65.1 Å². The summed E-state index contributed by atoms with van der Waals surface area (Å²) in [5.41, 5.74) is 6.81. The maximum atomic E-state index is 13.5. The first-order valence-electron chi connectivity index (χ1n) is 14.9. The van der Waals surface area contributed by atoms with Crippen molar-refractivity contribution in [2.45, 2.75) is 65.5 Å². The Labute approximate surface area is 253 Å². The van der Waals surface area contributed by atoms with Gasteiger partial charge in [0.15, 0.2) is 0 Å². The molecule has 0 aromatic heterocycles. The van der Waals surface area contributed by atoms with Crippen LogP contribution >= 0.6 is 15.9 Å². The number of hydrogen-bond donors (Lipinski definition) is 1. The van der Waals surface area contributed by atoms with Crippen LogP contribution in [0, 0.1) is 26.2 Å². The van der Waals surface area contributed by atoms with E-state index in [-0.39, 0.29) is 17.4 Å². The third kappa shape index (κ3) is 7.10. The van der Waals surface area contributed by atoms with Gasteiger partial charge in [0, 0.05) is 24.1 Å². The molecule has 3 aromatic rings. The number of nitrogens with one attached hydrogen (secondary N) is 1. The molecule has 3 aromatic carbocycles. The highest BCUT2D eigenvalue weighted by atomic mass is 79.9. The monoisotopic (exact) mass is 615 g/mol. The summed E-state index contributed by atoms with van der Waals surface area (Å²) in [4.78, 5) is 31.3. The molecule has 0 saturated carbocycles. The number of benzene rings is 3. The molecule has 41 heavy (non-hydrogen) atoms. The van der Waals surface area contributed by atoms with E-state index >= 15 is 0 Å². The Morgan fingerprint density at radius 2 is 1.56 bits per heavy atom. The molecule has 1 atom stereocenters. The van der Waals surface area contributed by atoms with E-state index in [1.165, 1.54) is 22.3 Å². The minimum absolute atomic E-state index is 0.0415. The minimum atomic E-state index is -0.206. The number of carbonyl (C=O) groups is 2. The standard InChI is InChI=1S/C35H42BrN3O2/c1-25-21-26(2)31(27(3)22-25)23-33(40)37-32(29-7-5-4-6-8-29)13-17-38-18-14-35(15-19-38)16-20-39(34(35)41)24-28-9-11-30(36)12-10-28/h4-12,21-22,32H,13-20,23-24H2,1-3H3,(H,37,40). The van der Waals surface area contributed by atoms with Crippen molar-refractivity contribution >= 4 is 27.7 Å². The highest BCUT2D eigenvalue weighted by Gasteiger charge is 2.47. The average molecular weight is 617 g/mol. The predicted octanol–water partition coefficient (Wildman–Crippen LogP) is 6.68. The zero-order valence-electron chi connectivity index (χ0n) is 24.6. The summed E-state index contributed by atoms with van der Waals surface area (Å²) in [6, 6.07) is 22.9. The lowest BCUT2D eigenvalue weighted by molar-refractivity contribution is -0.139. The Hall–Kier alpha value is -2.96. The largest absolute Gasteiger partial charge is 0.349 e. The highest BCUT2D eigenvalue weighted by molar-refractivity contribution is 9.10. The van der Waals surface area contributed by atoms with E-state index < -0.39 is 0 Å².